The number of nitrogens with one attached hydrogen (secondary N) is 1. The molecule has 0 unspecified atom stereocenters. The topological polar surface area (TPSA) is 71.3 Å². The van der Waals surface area contributed by atoms with E-state index in [1.807, 2.05) is 4.90 Å². The summed E-state index contributed by atoms with van der Waals surface area (Å²) in [7, 11) is 0. The van der Waals surface area contributed by atoms with Crippen LogP contribution in [0.5, 0.6) is 0 Å². The first-order valence-corrected chi connectivity index (χ1v) is 8.27. The van der Waals surface area contributed by atoms with Crippen molar-refractivity contribution in [2.75, 3.05) is 13.1 Å². The number of nitrogens with zero attached hydrogens (tertiary/aromatic N) is 3. The molecule has 1 aliphatic heterocycles. The van der Waals surface area contributed by atoms with Gasteiger partial charge < -0.3 is 14.7 Å². The number of amides is 1. The fourth-order valence-electron chi connectivity index (χ4n) is 3.00. The molecular formula is C16H28N4O2. The van der Waals surface area contributed by atoms with Crippen molar-refractivity contribution >= 4 is 5.91 Å². The highest BCUT2D eigenvalue weighted by molar-refractivity contribution is 5.73. The highest BCUT2D eigenvalue weighted by atomic mass is 16.5. The molecule has 1 amide bonds. The van der Waals surface area contributed by atoms with Gasteiger partial charge in [0.1, 0.15) is 0 Å². The number of hydrogen-bond acceptors (Lipinski definition) is 5. The number of likely N-dealkylation sites (tertiary alicyclic amines) is 1. The summed E-state index contributed by atoms with van der Waals surface area (Å²) in [5.74, 6) is 2.30. The van der Waals surface area contributed by atoms with Crippen molar-refractivity contribution in [1.82, 2.24) is 20.4 Å². The van der Waals surface area contributed by atoms with Gasteiger partial charge in [0, 0.05) is 32.0 Å². The second-order valence-electron chi connectivity index (χ2n) is 6.56. The van der Waals surface area contributed by atoms with Crippen molar-refractivity contribution in [2.24, 2.45) is 5.92 Å². The van der Waals surface area contributed by atoms with E-state index in [0.717, 1.165) is 31.8 Å². The van der Waals surface area contributed by atoms with Crippen LogP contribution in [-0.4, -0.2) is 40.1 Å². The summed E-state index contributed by atoms with van der Waals surface area (Å²) in [4.78, 5) is 18.0. The predicted octanol–water partition coefficient (Wildman–Crippen LogP) is 2.49. The number of hydrogen-bond donors (Lipinski definition) is 1. The van der Waals surface area contributed by atoms with Crippen molar-refractivity contribution in [2.45, 2.75) is 65.5 Å². The van der Waals surface area contributed by atoms with Gasteiger partial charge in [0.2, 0.25) is 11.8 Å². The van der Waals surface area contributed by atoms with Crippen molar-refractivity contribution in [3.05, 3.63) is 11.7 Å². The lowest BCUT2D eigenvalue weighted by molar-refractivity contribution is -0.131. The first kappa shape index (κ1) is 16.9. The minimum Gasteiger partial charge on any atom is -0.343 e. The smallest absolute Gasteiger partial charge is 0.243 e. The standard InChI is InChI=1S/C16H28N4O2/c1-6-13-9-20(12(5)21)8-7-14(13)17-11(4)16-18-15(10(2)3)19-22-16/h10-11,13-14,17H,6-9H2,1-5H3/t11-,13+,14-/m0/s1. The Bertz CT molecular complexity index is 500. The number of carbonyl (C=O) groups excluding carboxylic acids is 1. The molecule has 2 rings (SSSR count). The lowest BCUT2D eigenvalue weighted by Crippen LogP contribution is -2.50. The molecule has 1 saturated heterocycles. The molecule has 0 aromatic carbocycles. The zero-order chi connectivity index (χ0) is 16.3. The van der Waals surface area contributed by atoms with E-state index < -0.39 is 0 Å². The monoisotopic (exact) mass is 308 g/mol. The molecule has 6 nitrogen and oxygen atoms in total. The van der Waals surface area contributed by atoms with E-state index in [9.17, 15) is 4.79 Å². The highest BCUT2D eigenvalue weighted by Gasteiger charge is 2.31. The van der Waals surface area contributed by atoms with Gasteiger partial charge in [-0.05, 0) is 19.3 Å². The molecule has 0 radical (unpaired) electrons. The first-order valence-electron chi connectivity index (χ1n) is 8.27. The van der Waals surface area contributed by atoms with Crippen LogP contribution < -0.4 is 5.32 Å². The van der Waals surface area contributed by atoms with Gasteiger partial charge in [-0.25, -0.2) is 0 Å². The van der Waals surface area contributed by atoms with Gasteiger partial charge >= 0.3 is 0 Å². The van der Waals surface area contributed by atoms with Gasteiger partial charge in [-0.15, -0.1) is 0 Å². The zero-order valence-electron chi connectivity index (χ0n) is 14.3. The summed E-state index contributed by atoms with van der Waals surface area (Å²) in [5.41, 5.74) is 0. The first-order chi connectivity index (χ1) is 10.4. The molecule has 6 heteroatoms. The Morgan fingerprint density at radius 1 is 1.45 bits per heavy atom. The number of aromatic nitrogens is 2. The Hall–Kier alpha value is -1.43. The molecule has 1 N–H and O–H groups in total. The van der Waals surface area contributed by atoms with E-state index in [4.69, 9.17) is 4.52 Å². The Morgan fingerprint density at radius 2 is 2.18 bits per heavy atom. The third-order valence-electron chi connectivity index (χ3n) is 4.51. The van der Waals surface area contributed by atoms with Crippen molar-refractivity contribution in [1.29, 1.82) is 0 Å². The van der Waals surface area contributed by atoms with Gasteiger partial charge in [-0.3, -0.25) is 4.79 Å². The molecular weight excluding hydrogens is 280 g/mol. The summed E-state index contributed by atoms with van der Waals surface area (Å²) in [5, 5.41) is 7.64. The van der Waals surface area contributed by atoms with Crippen LogP contribution in [-0.2, 0) is 4.79 Å². The van der Waals surface area contributed by atoms with Gasteiger partial charge in [-0.2, -0.15) is 4.98 Å². The Kier molecular flexibility index (Phi) is 5.56. The summed E-state index contributed by atoms with van der Waals surface area (Å²) >= 11 is 0. The molecule has 0 saturated carbocycles. The summed E-state index contributed by atoms with van der Waals surface area (Å²) in [6.45, 7) is 11.6. The van der Waals surface area contributed by atoms with E-state index in [1.165, 1.54) is 0 Å². The molecule has 0 bridgehead atoms. The third kappa shape index (κ3) is 3.85. The average molecular weight is 308 g/mol. The molecule has 0 aliphatic carbocycles. The second kappa shape index (κ2) is 7.22. The molecule has 1 fully saturated rings. The van der Waals surface area contributed by atoms with Crippen LogP contribution in [0.1, 0.15) is 71.1 Å². The molecule has 22 heavy (non-hydrogen) atoms. The number of rotatable bonds is 5. The molecule has 1 aliphatic rings. The van der Waals surface area contributed by atoms with Gasteiger partial charge in [0.05, 0.1) is 6.04 Å². The summed E-state index contributed by atoms with van der Waals surface area (Å²) < 4.78 is 5.37. The lowest BCUT2D eigenvalue weighted by atomic mass is 9.89. The molecule has 1 aromatic heterocycles. The van der Waals surface area contributed by atoms with Crippen LogP contribution in [0.15, 0.2) is 4.52 Å². The van der Waals surface area contributed by atoms with Crippen molar-refractivity contribution < 1.29 is 9.32 Å². The minimum absolute atomic E-state index is 0.0305. The largest absolute Gasteiger partial charge is 0.343 e. The molecule has 1 aromatic rings. The predicted molar refractivity (Wildman–Crippen MR) is 84.4 cm³/mol. The lowest BCUT2D eigenvalue weighted by Gasteiger charge is -2.39. The van der Waals surface area contributed by atoms with Crippen LogP contribution in [0.25, 0.3) is 0 Å². The van der Waals surface area contributed by atoms with E-state index in [0.29, 0.717) is 17.9 Å². The second-order valence-corrected chi connectivity index (χ2v) is 6.56. The van der Waals surface area contributed by atoms with Gasteiger partial charge in [-0.1, -0.05) is 32.3 Å². The van der Waals surface area contributed by atoms with E-state index in [2.05, 4.69) is 43.2 Å². The van der Waals surface area contributed by atoms with Crippen LogP contribution in [0.4, 0.5) is 0 Å². The molecule has 3 atom stereocenters. The SMILES string of the molecule is CC[C@@H]1CN(C(C)=O)CC[C@@H]1N[C@@H](C)c1nc(C(C)C)no1. The number of piperidine rings is 1. The fourth-order valence-corrected chi connectivity index (χ4v) is 3.00. The quantitative estimate of drug-likeness (QED) is 0.905. The van der Waals surface area contributed by atoms with Crippen LogP contribution in [0, 0.1) is 5.92 Å². The number of carbonyl (C=O) groups is 1. The normalized spacial score (nSPS) is 23.8. The maximum absolute atomic E-state index is 11.5. The summed E-state index contributed by atoms with van der Waals surface area (Å²) in [6, 6.07) is 0.410. The van der Waals surface area contributed by atoms with Crippen molar-refractivity contribution in [3.8, 4) is 0 Å². The maximum Gasteiger partial charge on any atom is 0.243 e. The van der Waals surface area contributed by atoms with Gasteiger partial charge in [0.25, 0.3) is 0 Å². The third-order valence-corrected chi connectivity index (χ3v) is 4.51. The Morgan fingerprint density at radius 3 is 2.73 bits per heavy atom. The van der Waals surface area contributed by atoms with E-state index in [1.54, 1.807) is 6.92 Å². The molecule has 124 valence electrons. The Balaban J connectivity index is 1.97. The molecule has 2 heterocycles. The van der Waals surface area contributed by atoms with Gasteiger partial charge in [0.15, 0.2) is 5.82 Å². The van der Waals surface area contributed by atoms with Crippen LogP contribution in [0.3, 0.4) is 0 Å². The van der Waals surface area contributed by atoms with E-state index >= 15 is 0 Å². The van der Waals surface area contributed by atoms with Crippen LogP contribution in [0.2, 0.25) is 0 Å². The summed E-state index contributed by atoms with van der Waals surface area (Å²) in [6.07, 6.45) is 2.02. The van der Waals surface area contributed by atoms with Crippen LogP contribution >= 0.6 is 0 Å². The Labute approximate surface area is 132 Å². The molecule has 0 spiro atoms. The fraction of sp³-hybridized carbons (Fsp3) is 0.812. The van der Waals surface area contributed by atoms with E-state index in [-0.39, 0.29) is 17.9 Å². The average Bonchev–Trinajstić information content (AvgIpc) is 2.97. The minimum atomic E-state index is 0.0305. The highest BCUT2D eigenvalue weighted by Crippen LogP contribution is 2.23. The van der Waals surface area contributed by atoms with Crippen molar-refractivity contribution in [3.63, 3.8) is 0 Å². The maximum atomic E-state index is 11.5. The zero-order valence-corrected chi connectivity index (χ0v) is 14.3.